The van der Waals surface area contributed by atoms with Crippen molar-refractivity contribution in [2.75, 3.05) is 35.2 Å². The van der Waals surface area contributed by atoms with E-state index in [1.54, 1.807) is 0 Å². The lowest BCUT2D eigenvalue weighted by atomic mass is 10.1. The van der Waals surface area contributed by atoms with Crippen molar-refractivity contribution in [3.8, 4) is 11.5 Å². The summed E-state index contributed by atoms with van der Waals surface area (Å²) in [7, 11) is 0. The summed E-state index contributed by atoms with van der Waals surface area (Å²) >= 11 is 0. The molecule has 1 aliphatic heterocycles. The third-order valence-corrected chi connectivity index (χ3v) is 5.85. The zero-order valence-electron chi connectivity index (χ0n) is 21.1. The number of piperidine rings is 1. The summed E-state index contributed by atoms with van der Waals surface area (Å²) in [4.78, 5) is 22.7. The van der Waals surface area contributed by atoms with Crippen molar-refractivity contribution < 1.29 is 40.6 Å². The molecular formula is C26H25F6N5O3. The first-order valence-corrected chi connectivity index (χ1v) is 12.3. The third kappa shape index (κ3) is 7.45. The molecule has 0 saturated carbocycles. The molecule has 0 spiro atoms. The minimum Gasteiger partial charge on any atom is -0.490 e. The van der Waals surface area contributed by atoms with Gasteiger partial charge in [0.2, 0.25) is 0 Å². The van der Waals surface area contributed by atoms with Gasteiger partial charge in [0.1, 0.15) is 11.9 Å². The Morgan fingerprint density at radius 2 is 1.68 bits per heavy atom. The summed E-state index contributed by atoms with van der Waals surface area (Å²) in [6, 6.07) is 7.02. The summed E-state index contributed by atoms with van der Waals surface area (Å²) in [5.74, 6) is 1.59. The van der Waals surface area contributed by atoms with Gasteiger partial charge < -0.3 is 19.7 Å². The second kappa shape index (κ2) is 11.9. The number of rotatable bonds is 7. The summed E-state index contributed by atoms with van der Waals surface area (Å²) in [5.41, 5.74) is -3.79. The lowest BCUT2D eigenvalue weighted by Gasteiger charge is -2.33. The van der Waals surface area contributed by atoms with Crippen LogP contribution in [0.1, 0.15) is 30.9 Å². The number of ether oxygens (including phenoxy) is 2. The first-order valence-electron chi connectivity index (χ1n) is 12.3. The highest BCUT2D eigenvalue weighted by molar-refractivity contribution is 5.99. The molecule has 2 heterocycles. The third-order valence-electron chi connectivity index (χ3n) is 5.85. The molecule has 0 bridgehead atoms. The van der Waals surface area contributed by atoms with E-state index in [0.29, 0.717) is 49.1 Å². The predicted molar refractivity (Wildman–Crippen MR) is 135 cm³/mol. The fourth-order valence-corrected chi connectivity index (χ4v) is 4.12. The van der Waals surface area contributed by atoms with Gasteiger partial charge in [0.25, 0.3) is 0 Å². The Labute approximate surface area is 225 Å². The average Bonchev–Trinajstić information content (AvgIpc) is 2.89. The quantitative estimate of drug-likeness (QED) is 0.312. The van der Waals surface area contributed by atoms with Crippen LogP contribution in [0, 0.1) is 0 Å². The Hall–Kier alpha value is -4.23. The normalized spacial score (nSPS) is 15.9. The second-order valence-electron chi connectivity index (χ2n) is 8.84. The number of hydrogen-bond donors (Lipinski definition) is 2. The second-order valence-corrected chi connectivity index (χ2v) is 8.84. The average molecular weight is 570 g/mol. The van der Waals surface area contributed by atoms with Crippen LogP contribution < -0.4 is 25.0 Å². The minimum absolute atomic E-state index is 0.0247. The molecule has 4 rings (SSSR count). The van der Waals surface area contributed by atoms with Gasteiger partial charge in [-0.15, -0.1) is 0 Å². The van der Waals surface area contributed by atoms with E-state index < -0.39 is 35.2 Å². The maximum absolute atomic E-state index is 13.1. The number of hydrogen-bond acceptors (Lipinski definition) is 6. The van der Waals surface area contributed by atoms with Crippen LogP contribution in [0.15, 0.2) is 54.9 Å². The van der Waals surface area contributed by atoms with Gasteiger partial charge in [-0.25, -0.2) is 9.78 Å². The van der Waals surface area contributed by atoms with Gasteiger partial charge in [-0.3, -0.25) is 10.3 Å². The van der Waals surface area contributed by atoms with Gasteiger partial charge in [0, 0.05) is 12.2 Å². The number of carbonyl (C=O) groups is 1. The summed E-state index contributed by atoms with van der Waals surface area (Å²) in [5, 5.41) is 4.30. The molecule has 1 saturated heterocycles. The van der Waals surface area contributed by atoms with Gasteiger partial charge in [0.05, 0.1) is 36.7 Å². The van der Waals surface area contributed by atoms with Crippen molar-refractivity contribution in [3.05, 3.63) is 66.0 Å². The standard InChI is InChI=1S/C26H25F6N5O3/c1-2-39-20-7-3-4-8-21(20)40-19-6-5-9-37(15-19)23-14-33-13-22(35-23)36-24(38)34-18-11-16(25(27,28)29)10-17(12-18)26(30,31)32/h3-4,7-8,10-14,19H,2,5-6,9,15H2,1H3,(H2,34,35,36,38). The van der Waals surface area contributed by atoms with E-state index in [1.807, 2.05) is 41.4 Å². The molecule has 1 unspecified atom stereocenters. The topological polar surface area (TPSA) is 88.6 Å². The fourth-order valence-electron chi connectivity index (χ4n) is 4.12. The van der Waals surface area contributed by atoms with Crippen molar-refractivity contribution in [1.82, 2.24) is 9.97 Å². The summed E-state index contributed by atoms with van der Waals surface area (Å²) in [6.45, 7) is 3.44. The Balaban J connectivity index is 1.43. The van der Waals surface area contributed by atoms with Crippen molar-refractivity contribution >= 4 is 23.4 Å². The number of carbonyl (C=O) groups excluding carboxylic acids is 1. The van der Waals surface area contributed by atoms with E-state index in [1.165, 1.54) is 12.4 Å². The van der Waals surface area contributed by atoms with Crippen molar-refractivity contribution in [1.29, 1.82) is 0 Å². The van der Waals surface area contributed by atoms with E-state index in [4.69, 9.17) is 9.47 Å². The van der Waals surface area contributed by atoms with E-state index >= 15 is 0 Å². The number of urea groups is 1. The zero-order valence-corrected chi connectivity index (χ0v) is 21.1. The van der Waals surface area contributed by atoms with E-state index in [2.05, 4.69) is 15.3 Å². The largest absolute Gasteiger partial charge is 0.490 e. The van der Waals surface area contributed by atoms with Crippen LogP contribution in [0.25, 0.3) is 0 Å². The van der Waals surface area contributed by atoms with Gasteiger partial charge in [-0.2, -0.15) is 26.3 Å². The lowest BCUT2D eigenvalue weighted by Crippen LogP contribution is -2.41. The first-order chi connectivity index (χ1) is 18.9. The molecule has 2 amide bonds. The molecular weight excluding hydrogens is 544 g/mol. The highest BCUT2D eigenvalue weighted by Gasteiger charge is 2.37. The fraction of sp³-hybridized carbons (Fsp3) is 0.346. The molecule has 2 aromatic carbocycles. The molecule has 0 aliphatic carbocycles. The number of aromatic nitrogens is 2. The highest BCUT2D eigenvalue weighted by Crippen LogP contribution is 2.37. The number of benzene rings is 2. The number of halogens is 6. The van der Waals surface area contributed by atoms with Crippen LogP contribution >= 0.6 is 0 Å². The van der Waals surface area contributed by atoms with Crippen molar-refractivity contribution in [3.63, 3.8) is 0 Å². The van der Waals surface area contributed by atoms with Crippen LogP contribution in [-0.4, -0.2) is 41.8 Å². The number of nitrogens with one attached hydrogen (secondary N) is 2. The van der Waals surface area contributed by atoms with E-state index in [9.17, 15) is 31.1 Å². The molecule has 2 N–H and O–H groups in total. The van der Waals surface area contributed by atoms with E-state index in [-0.39, 0.29) is 18.0 Å². The molecule has 14 heteroatoms. The van der Waals surface area contributed by atoms with E-state index in [0.717, 1.165) is 12.8 Å². The number of anilines is 3. The molecule has 1 fully saturated rings. The number of alkyl halides is 6. The molecule has 40 heavy (non-hydrogen) atoms. The monoisotopic (exact) mass is 569 g/mol. The minimum atomic E-state index is -5.05. The van der Waals surface area contributed by atoms with Crippen molar-refractivity contribution in [2.45, 2.75) is 38.2 Å². The Kier molecular flexibility index (Phi) is 8.55. The zero-order chi connectivity index (χ0) is 28.9. The summed E-state index contributed by atoms with van der Waals surface area (Å²) in [6.07, 6.45) is -6.06. The predicted octanol–water partition coefficient (Wildman–Crippen LogP) is 6.60. The smallest absolute Gasteiger partial charge is 0.416 e. The molecule has 8 nitrogen and oxygen atoms in total. The number of nitrogens with zero attached hydrogens (tertiary/aromatic N) is 3. The van der Waals surface area contributed by atoms with Gasteiger partial charge >= 0.3 is 18.4 Å². The number of para-hydroxylation sites is 2. The van der Waals surface area contributed by atoms with Crippen molar-refractivity contribution in [2.24, 2.45) is 0 Å². The molecule has 3 aromatic rings. The molecule has 1 atom stereocenters. The van der Waals surface area contributed by atoms with Crippen LogP contribution in [-0.2, 0) is 12.4 Å². The molecule has 1 aromatic heterocycles. The van der Waals surface area contributed by atoms with Crippen LogP contribution in [0.2, 0.25) is 0 Å². The lowest BCUT2D eigenvalue weighted by molar-refractivity contribution is -0.143. The molecule has 0 radical (unpaired) electrons. The summed E-state index contributed by atoms with van der Waals surface area (Å²) < 4.78 is 90.4. The van der Waals surface area contributed by atoms with Gasteiger partial charge in [-0.05, 0) is 50.1 Å². The SMILES string of the molecule is CCOc1ccccc1OC1CCCN(c2cncc(NC(=O)Nc3cc(C(F)(F)F)cc(C(F)(F)F)c3)n2)C1. The van der Waals surface area contributed by atoms with Gasteiger partial charge in [0.15, 0.2) is 17.3 Å². The Morgan fingerprint density at radius 1 is 1.00 bits per heavy atom. The maximum atomic E-state index is 13.1. The van der Waals surface area contributed by atoms with Crippen LogP contribution in [0.5, 0.6) is 11.5 Å². The Bertz CT molecular complexity index is 1300. The number of amides is 2. The molecule has 214 valence electrons. The molecule has 1 aliphatic rings. The maximum Gasteiger partial charge on any atom is 0.416 e. The highest BCUT2D eigenvalue weighted by atomic mass is 19.4. The van der Waals surface area contributed by atoms with Crippen LogP contribution in [0.4, 0.5) is 48.5 Å². The van der Waals surface area contributed by atoms with Gasteiger partial charge in [-0.1, -0.05) is 12.1 Å². The van der Waals surface area contributed by atoms with Crippen LogP contribution in [0.3, 0.4) is 0 Å². The first kappa shape index (κ1) is 28.8. The Morgan fingerprint density at radius 3 is 2.33 bits per heavy atom.